The normalized spacial score (nSPS) is 13.2. The molecule has 8 heterocycles. The minimum Gasteiger partial charge on any atom is -0.394 e. The number of nitrogens with zero attached hydrogens (tertiary/aromatic N) is 13. The molecule has 0 radical (unpaired) electrons. The summed E-state index contributed by atoms with van der Waals surface area (Å²) in [7, 11) is 0. The number of benzene rings is 9. The van der Waals surface area contributed by atoms with Crippen molar-refractivity contribution in [3.63, 3.8) is 0 Å². The van der Waals surface area contributed by atoms with Crippen LogP contribution >= 0.6 is 58.0 Å². The second kappa shape index (κ2) is 30.5. The number of rotatable bonds is 11. The van der Waals surface area contributed by atoms with Crippen LogP contribution in [0.1, 0.15) is 33.6 Å². The number of imidazole rings is 2. The largest absolute Gasteiger partial charge is 0.394 e. The second-order valence-electron chi connectivity index (χ2n) is 22.7. The number of amidine groups is 1. The van der Waals surface area contributed by atoms with Crippen molar-refractivity contribution in [1.29, 1.82) is 0 Å². The van der Waals surface area contributed by atoms with E-state index in [1.807, 2.05) is 209 Å². The van der Waals surface area contributed by atoms with Crippen molar-refractivity contribution in [3.8, 4) is 0 Å². The van der Waals surface area contributed by atoms with Crippen LogP contribution in [-0.4, -0.2) is 90.0 Å². The zero-order chi connectivity index (χ0) is 66.6. The molecular formula is C76H60Cl5N15O. The molecule has 0 fully saturated rings. The molecule has 0 saturated carbocycles. The number of aliphatic hydroxyl groups is 1. The summed E-state index contributed by atoms with van der Waals surface area (Å²) in [6.07, 6.45) is 7.26. The Morgan fingerprint density at radius 2 is 0.876 bits per heavy atom. The lowest BCUT2D eigenvalue weighted by Gasteiger charge is -2.25. The van der Waals surface area contributed by atoms with E-state index in [1.165, 1.54) is 16.7 Å². The SMILES string of the molecule is ClC1=Nc2ccccc2N2CC(Cc3ccccc3)N=C12.Clc1nc2ccccc2n2cc(Cc3ccccc3)nc12.Clc1nc2ccccc2nc1Cl.Nc1nc2ccccc2n2cc(Cc3ccccc3)nc12.OCC(Cc1ccccc1)Nc1nc2ccccc2nc1Cl. The number of aliphatic imine (C=N–C) groups is 2. The van der Waals surface area contributed by atoms with Crippen molar-refractivity contribution in [1.82, 2.24) is 48.7 Å². The number of nitrogens with one attached hydrogen (secondary N) is 1. The number of halogens is 5. The van der Waals surface area contributed by atoms with Gasteiger partial charge in [-0.15, -0.1) is 0 Å². The molecule has 480 valence electrons. The molecule has 2 aliphatic rings. The molecule has 9 aromatic carbocycles. The summed E-state index contributed by atoms with van der Waals surface area (Å²) >= 11 is 30.1. The Morgan fingerprint density at radius 1 is 0.443 bits per heavy atom. The fourth-order valence-corrected chi connectivity index (χ4v) is 12.3. The van der Waals surface area contributed by atoms with E-state index in [4.69, 9.17) is 68.7 Å². The number of fused-ring (bicyclic) bond motifs is 11. The third-order valence-corrected chi connectivity index (χ3v) is 17.3. The monoisotopic (exact) mass is 1370 g/mol. The zero-order valence-corrected chi connectivity index (χ0v) is 55.7. The smallest absolute Gasteiger partial charge is 0.180 e. The average molecular weight is 1380 g/mol. The highest BCUT2D eigenvalue weighted by Crippen LogP contribution is 2.37. The van der Waals surface area contributed by atoms with Crippen molar-refractivity contribution in [2.24, 2.45) is 9.98 Å². The van der Waals surface area contributed by atoms with E-state index in [-0.39, 0.29) is 29.0 Å². The van der Waals surface area contributed by atoms with Crippen LogP contribution in [-0.2, 0) is 25.7 Å². The quantitative estimate of drug-likeness (QED) is 0.111. The highest BCUT2D eigenvalue weighted by atomic mass is 35.5. The number of hydrogen-bond acceptors (Lipinski definition) is 14. The van der Waals surface area contributed by atoms with Gasteiger partial charge in [0, 0.05) is 31.8 Å². The van der Waals surface area contributed by atoms with Crippen LogP contribution in [0, 0.1) is 0 Å². The summed E-state index contributed by atoms with van der Waals surface area (Å²) in [6, 6.07) is 80.0. The summed E-state index contributed by atoms with van der Waals surface area (Å²) in [5, 5.41) is 14.5. The van der Waals surface area contributed by atoms with Crippen LogP contribution in [0.3, 0.4) is 0 Å². The molecule has 6 aromatic heterocycles. The molecule has 97 heavy (non-hydrogen) atoms. The first-order valence-electron chi connectivity index (χ1n) is 31.1. The Labute approximate surface area is 583 Å². The summed E-state index contributed by atoms with van der Waals surface area (Å²) in [5.74, 6) is 1.76. The molecule has 0 saturated heterocycles. The van der Waals surface area contributed by atoms with Crippen molar-refractivity contribution < 1.29 is 5.11 Å². The Bertz CT molecular complexity index is 5100. The zero-order valence-electron chi connectivity index (χ0n) is 51.9. The van der Waals surface area contributed by atoms with Gasteiger partial charge in [-0.2, -0.15) is 0 Å². The van der Waals surface area contributed by atoms with Crippen molar-refractivity contribution in [2.45, 2.75) is 37.8 Å². The summed E-state index contributed by atoms with van der Waals surface area (Å²) in [5.41, 5.74) is 23.2. The lowest BCUT2D eigenvalue weighted by atomic mass is 10.1. The van der Waals surface area contributed by atoms with Gasteiger partial charge in [0.15, 0.2) is 54.5 Å². The first kappa shape index (κ1) is 65.2. The van der Waals surface area contributed by atoms with Gasteiger partial charge < -0.3 is 21.1 Å². The summed E-state index contributed by atoms with van der Waals surface area (Å²) < 4.78 is 4.04. The summed E-state index contributed by atoms with van der Waals surface area (Å²) in [4.78, 5) is 46.4. The third kappa shape index (κ3) is 15.8. The first-order valence-corrected chi connectivity index (χ1v) is 33.0. The van der Waals surface area contributed by atoms with E-state index in [2.05, 4.69) is 110 Å². The highest BCUT2D eigenvalue weighted by molar-refractivity contribution is 6.85. The number of anilines is 3. The predicted octanol–water partition coefficient (Wildman–Crippen LogP) is 17.2. The lowest BCUT2D eigenvalue weighted by Crippen LogP contribution is -2.34. The van der Waals surface area contributed by atoms with E-state index < -0.39 is 0 Å². The lowest BCUT2D eigenvalue weighted by molar-refractivity contribution is 0.273. The van der Waals surface area contributed by atoms with Crippen LogP contribution in [0.2, 0.25) is 20.6 Å². The molecule has 2 unspecified atom stereocenters. The van der Waals surface area contributed by atoms with Gasteiger partial charge in [0.25, 0.3) is 0 Å². The molecule has 16 nitrogen and oxygen atoms in total. The molecule has 2 atom stereocenters. The van der Waals surface area contributed by atoms with Crippen LogP contribution in [0.25, 0.3) is 55.4 Å². The molecular weight excluding hydrogens is 1320 g/mol. The fourth-order valence-electron chi connectivity index (χ4n) is 11.4. The predicted molar refractivity (Wildman–Crippen MR) is 396 cm³/mol. The van der Waals surface area contributed by atoms with E-state index in [0.717, 1.165) is 110 Å². The van der Waals surface area contributed by atoms with Crippen LogP contribution < -0.4 is 16.0 Å². The van der Waals surface area contributed by atoms with E-state index in [1.54, 1.807) is 0 Å². The first-order chi connectivity index (χ1) is 47.5. The Morgan fingerprint density at radius 3 is 1.43 bits per heavy atom. The number of aromatic nitrogens is 10. The number of para-hydroxylation sites is 10. The Kier molecular flexibility index (Phi) is 20.5. The standard InChI is InChI=1S/C17H16ClN3O.C17H14ClN3.C17H12ClN3.C17H14N4.C8H4Cl2N2/c18-16-17(21-15-9-5-4-8-14(15)20-16)19-13(11-22)10-12-6-2-1-3-7-12;3*18-16-17-19-13(10-12-6-2-1-3-7-12)11-21(17)15-9-5-4-8-14(15)20-16;9-7-8(10)12-6-4-2-1-3-5(6)11-7/h1-9,13,22H,10-11H2,(H,19,21);1-9,13H,10-11H2;1-9,11H,10H2;1-9,11H,10H2,(H2,18,20);1-4H. The molecule has 0 aliphatic carbocycles. The van der Waals surface area contributed by atoms with Gasteiger partial charge in [-0.05, 0) is 95.8 Å². The maximum atomic E-state index is 9.60. The van der Waals surface area contributed by atoms with Crippen molar-refractivity contribution in [2.75, 3.05) is 29.1 Å². The van der Waals surface area contributed by atoms with Gasteiger partial charge in [-0.1, -0.05) is 240 Å². The molecule has 2 aliphatic heterocycles. The van der Waals surface area contributed by atoms with Gasteiger partial charge in [0.1, 0.15) is 0 Å². The maximum Gasteiger partial charge on any atom is 0.180 e. The van der Waals surface area contributed by atoms with E-state index in [9.17, 15) is 5.11 Å². The molecule has 0 bridgehead atoms. The van der Waals surface area contributed by atoms with Gasteiger partial charge in [-0.25, -0.2) is 44.9 Å². The van der Waals surface area contributed by atoms with Crippen LogP contribution in [0.15, 0.2) is 265 Å². The number of hydrogen-bond donors (Lipinski definition) is 3. The molecule has 4 N–H and O–H groups in total. The molecule has 17 rings (SSSR count). The minimum absolute atomic E-state index is 0.0142. The molecule has 0 spiro atoms. The van der Waals surface area contributed by atoms with Gasteiger partial charge in [0.05, 0.1) is 85.6 Å². The Hall–Kier alpha value is -10.4. The number of nitrogen functional groups attached to an aromatic ring is 1. The van der Waals surface area contributed by atoms with Crippen LogP contribution in [0.5, 0.6) is 0 Å². The van der Waals surface area contributed by atoms with E-state index >= 15 is 0 Å². The molecule has 0 amide bonds. The van der Waals surface area contributed by atoms with Crippen LogP contribution in [0.4, 0.5) is 23.0 Å². The fraction of sp³-hybridized carbons (Fsp3) is 0.105. The third-order valence-electron chi connectivity index (χ3n) is 15.9. The number of nitrogens with two attached hydrogens (primary N) is 1. The Balaban J connectivity index is 0.000000111. The average Bonchev–Trinajstić information content (AvgIpc) is 1.70. The van der Waals surface area contributed by atoms with Gasteiger partial charge in [-0.3, -0.25) is 13.8 Å². The summed E-state index contributed by atoms with van der Waals surface area (Å²) in [6.45, 7) is 0.840. The van der Waals surface area contributed by atoms with Crippen molar-refractivity contribution in [3.05, 3.63) is 309 Å². The van der Waals surface area contributed by atoms with Gasteiger partial charge >= 0.3 is 0 Å². The second-order valence-corrected chi connectivity index (χ2v) is 24.5. The number of aliphatic hydroxyl groups excluding tert-OH is 1. The van der Waals surface area contributed by atoms with E-state index in [0.29, 0.717) is 39.2 Å². The topological polar surface area (TPSA) is 198 Å². The minimum atomic E-state index is -0.171. The molecule has 15 aromatic rings. The van der Waals surface area contributed by atoms with Crippen molar-refractivity contribution >= 4 is 147 Å². The highest BCUT2D eigenvalue weighted by Gasteiger charge is 2.33. The molecule has 21 heteroatoms. The maximum absolute atomic E-state index is 9.60. The van der Waals surface area contributed by atoms with Gasteiger partial charge in [0.2, 0.25) is 0 Å².